The van der Waals surface area contributed by atoms with E-state index in [-0.39, 0.29) is 5.91 Å². The minimum absolute atomic E-state index is 0.345. The minimum Gasteiger partial charge on any atom is -0.463 e. The molecule has 0 atom stereocenters. The standard InChI is InChI=1S/C19H20N4O2/c1-13(2)10-14-5-7-15(8-6-14)17-11-18(22-21-17)19(24)23-20-12-16-4-3-9-25-16/h3-9,11-13H,10H2,1-2H3,(H,21,22)(H,23,24)/b20-12+. The summed E-state index contributed by atoms with van der Waals surface area (Å²) in [4.78, 5) is 12.1. The normalized spacial score (nSPS) is 11.3. The number of nitrogens with zero attached hydrogens (tertiary/aromatic N) is 2. The highest BCUT2D eigenvalue weighted by Gasteiger charge is 2.10. The number of hydrogen-bond acceptors (Lipinski definition) is 4. The van der Waals surface area contributed by atoms with Crippen molar-refractivity contribution in [3.8, 4) is 11.3 Å². The third kappa shape index (κ3) is 4.44. The van der Waals surface area contributed by atoms with Gasteiger partial charge in [0.05, 0.1) is 18.2 Å². The molecule has 3 rings (SSSR count). The molecule has 2 heterocycles. The second-order valence-electron chi connectivity index (χ2n) is 6.18. The number of furan rings is 1. The summed E-state index contributed by atoms with van der Waals surface area (Å²) < 4.78 is 5.10. The van der Waals surface area contributed by atoms with Crippen LogP contribution in [-0.4, -0.2) is 22.3 Å². The summed E-state index contributed by atoms with van der Waals surface area (Å²) in [6.45, 7) is 4.39. The first-order chi connectivity index (χ1) is 12.1. The van der Waals surface area contributed by atoms with Crippen LogP contribution in [-0.2, 0) is 6.42 Å². The van der Waals surface area contributed by atoms with E-state index in [9.17, 15) is 4.79 Å². The topological polar surface area (TPSA) is 83.3 Å². The first-order valence-electron chi connectivity index (χ1n) is 8.13. The lowest BCUT2D eigenvalue weighted by Crippen LogP contribution is -2.17. The Balaban J connectivity index is 1.64. The van der Waals surface area contributed by atoms with E-state index in [1.165, 1.54) is 18.0 Å². The third-order valence-electron chi connectivity index (χ3n) is 3.62. The molecule has 0 saturated heterocycles. The van der Waals surface area contributed by atoms with Gasteiger partial charge in [-0.2, -0.15) is 10.2 Å². The largest absolute Gasteiger partial charge is 0.463 e. The molecule has 2 N–H and O–H groups in total. The summed E-state index contributed by atoms with van der Waals surface area (Å²) >= 11 is 0. The van der Waals surface area contributed by atoms with E-state index < -0.39 is 0 Å². The fourth-order valence-electron chi connectivity index (χ4n) is 2.45. The maximum atomic E-state index is 12.1. The number of H-pyrrole nitrogens is 1. The lowest BCUT2D eigenvalue weighted by atomic mass is 10.0. The zero-order valence-electron chi connectivity index (χ0n) is 14.2. The van der Waals surface area contributed by atoms with Crippen molar-refractivity contribution in [2.75, 3.05) is 0 Å². The number of carbonyl (C=O) groups is 1. The van der Waals surface area contributed by atoms with Crippen molar-refractivity contribution in [1.82, 2.24) is 15.6 Å². The number of benzene rings is 1. The monoisotopic (exact) mass is 336 g/mol. The van der Waals surface area contributed by atoms with Gasteiger partial charge in [-0.3, -0.25) is 9.89 Å². The maximum Gasteiger partial charge on any atom is 0.289 e. The summed E-state index contributed by atoms with van der Waals surface area (Å²) in [7, 11) is 0. The lowest BCUT2D eigenvalue weighted by Gasteiger charge is -2.05. The molecule has 25 heavy (non-hydrogen) atoms. The van der Waals surface area contributed by atoms with Crippen molar-refractivity contribution in [3.05, 3.63) is 65.7 Å². The molecule has 6 heteroatoms. The average Bonchev–Trinajstić information content (AvgIpc) is 3.26. The highest BCUT2D eigenvalue weighted by molar-refractivity contribution is 5.93. The smallest absolute Gasteiger partial charge is 0.289 e. The Bertz CT molecular complexity index is 846. The van der Waals surface area contributed by atoms with Crippen LogP contribution in [0.15, 0.2) is 58.2 Å². The quantitative estimate of drug-likeness (QED) is 0.532. The number of aromatic nitrogens is 2. The molecule has 128 valence electrons. The molecule has 2 aromatic heterocycles. The van der Waals surface area contributed by atoms with Crippen LogP contribution in [0.3, 0.4) is 0 Å². The van der Waals surface area contributed by atoms with Crippen LogP contribution in [0.5, 0.6) is 0 Å². The first kappa shape index (κ1) is 16.7. The molecule has 0 spiro atoms. The van der Waals surface area contributed by atoms with Crippen LogP contribution in [0, 0.1) is 5.92 Å². The Labute approximate surface area is 146 Å². The minimum atomic E-state index is -0.363. The van der Waals surface area contributed by atoms with E-state index >= 15 is 0 Å². The number of carbonyl (C=O) groups excluding carboxylic acids is 1. The van der Waals surface area contributed by atoms with E-state index in [4.69, 9.17) is 4.42 Å². The van der Waals surface area contributed by atoms with Crippen LogP contribution >= 0.6 is 0 Å². The molecular formula is C19H20N4O2. The molecule has 1 amide bonds. The van der Waals surface area contributed by atoms with Crippen LogP contribution < -0.4 is 5.43 Å². The van der Waals surface area contributed by atoms with Crippen LogP contribution in [0.25, 0.3) is 11.3 Å². The molecule has 6 nitrogen and oxygen atoms in total. The highest BCUT2D eigenvalue weighted by atomic mass is 16.3. The molecule has 0 unspecified atom stereocenters. The van der Waals surface area contributed by atoms with Crippen molar-refractivity contribution in [3.63, 3.8) is 0 Å². The summed E-state index contributed by atoms with van der Waals surface area (Å²) in [5, 5.41) is 10.8. The second kappa shape index (κ2) is 7.61. The van der Waals surface area contributed by atoms with Crippen molar-refractivity contribution in [1.29, 1.82) is 0 Å². The van der Waals surface area contributed by atoms with Gasteiger partial charge in [0.2, 0.25) is 0 Å². The first-order valence-corrected chi connectivity index (χ1v) is 8.13. The Hall–Kier alpha value is -3.15. The zero-order valence-corrected chi connectivity index (χ0v) is 14.2. The van der Waals surface area contributed by atoms with E-state index in [0.29, 0.717) is 17.4 Å². The van der Waals surface area contributed by atoms with E-state index in [2.05, 4.69) is 46.7 Å². The molecule has 1 aromatic carbocycles. The number of amides is 1. The summed E-state index contributed by atoms with van der Waals surface area (Å²) in [5.41, 5.74) is 5.75. The number of rotatable bonds is 6. The zero-order chi connectivity index (χ0) is 17.6. The summed E-state index contributed by atoms with van der Waals surface area (Å²) in [6, 6.07) is 13.4. The number of aromatic amines is 1. The van der Waals surface area contributed by atoms with Crippen molar-refractivity contribution in [2.24, 2.45) is 11.0 Å². The predicted molar refractivity (Wildman–Crippen MR) is 96.3 cm³/mol. The van der Waals surface area contributed by atoms with E-state index in [1.54, 1.807) is 18.2 Å². The Kier molecular flexibility index (Phi) is 5.09. The Morgan fingerprint density at radius 3 is 2.80 bits per heavy atom. The molecule has 0 aliphatic carbocycles. The number of hydrogen-bond donors (Lipinski definition) is 2. The van der Waals surface area contributed by atoms with Gasteiger partial charge in [-0.15, -0.1) is 0 Å². The van der Waals surface area contributed by atoms with E-state index in [0.717, 1.165) is 17.7 Å². The van der Waals surface area contributed by atoms with E-state index in [1.807, 2.05) is 12.1 Å². The van der Waals surface area contributed by atoms with Crippen LogP contribution in [0.2, 0.25) is 0 Å². The number of nitrogens with one attached hydrogen (secondary N) is 2. The summed E-state index contributed by atoms with van der Waals surface area (Å²) in [6.07, 6.45) is 4.02. The highest BCUT2D eigenvalue weighted by Crippen LogP contribution is 2.19. The van der Waals surface area contributed by atoms with Crippen molar-refractivity contribution in [2.45, 2.75) is 20.3 Å². The van der Waals surface area contributed by atoms with Gasteiger partial charge in [-0.05, 0) is 36.1 Å². The van der Waals surface area contributed by atoms with Gasteiger partial charge in [0.25, 0.3) is 5.91 Å². The van der Waals surface area contributed by atoms with Gasteiger partial charge in [0.1, 0.15) is 11.5 Å². The SMILES string of the molecule is CC(C)Cc1ccc(-c2cc(C(=O)N/N=C/c3ccco3)[nH]n2)cc1. The molecule has 3 aromatic rings. The maximum absolute atomic E-state index is 12.1. The van der Waals surface area contributed by atoms with Crippen molar-refractivity contribution < 1.29 is 9.21 Å². The molecule has 0 bridgehead atoms. The molecular weight excluding hydrogens is 316 g/mol. The lowest BCUT2D eigenvalue weighted by molar-refractivity contribution is 0.0950. The average molecular weight is 336 g/mol. The van der Waals surface area contributed by atoms with Gasteiger partial charge in [-0.25, -0.2) is 5.43 Å². The Morgan fingerprint density at radius 2 is 2.12 bits per heavy atom. The second-order valence-corrected chi connectivity index (χ2v) is 6.18. The number of hydrazone groups is 1. The van der Waals surface area contributed by atoms with Gasteiger partial charge in [-0.1, -0.05) is 38.1 Å². The van der Waals surface area contributed by atoms with Gasteiger partial charge in [0, 0.05) is 5.56 Å². The van der Waals surface area contributed by atoms with Crippen molar-refractivity contribution >= 4 is 12.1 Å². The fraction of sp³-hybridized carbons (Fsp3) is 0.211. The van der Waals surface area contributed by atoms with Crippen LogP contribution in [0.4, 0.5) is 0 Å². The molecule has 0 saturated carbocycles. The Morgan fingerprint density at radius 1 is 1.32 bits per heavy atom. The summed E-state index contributed by atoms with van der Waals surface area (Å²) in [5.74, 6) is 0.818. The fourth-order valence-corrected chi connectivity index (χ4v) is 2.45. The molecule has 0 radical (unpaired) electrons. The third-order valence-corrected chi connectivity index (χ3v) is 3.62. The van der Waals surface area contributed by atoms with Gasteiger partial charge >= 0.3 is 0 Å². The van der Waals surface area contributed by atoms with Gasteiger partial charge in [0.15, 0.2) is 0 Å². The van der Waals surface area contributed by atoms with Crippen LogP contribution in [0.1, 0.15) is 35.7 Å². The molecule has 0 aliphatic rings. The van der Waals surface area contributed by atoms with Gasteiger partial charge < -0.3 is 4.42 Å². The predicted octanol–water partition coefficient (Wildman–Crippen LogP) is 3.63. The molecule has 0 aliphatic heterocycles. The molecule has 0 fully saturated rings.